The van der Waals surface area contributed by atoms with E-state index in [0.29, 0.717) is 11.3 Å². The van der Waals surface area contributed by atoms with Crippen LogP contribution in [-0.4, -0.2) is 45.5 Å². The van der Waals surface area contributed by atoms with Crippen molar-refractivity contribution in [3.8, 4) is 0 Å². The van der Waals surface area contributed by atoms with Crippen LogP contribution in [0.5, 0.6) is 0 Å². The molecule has 0 aliphatic carbocycles. The van der Waals surface area contributed by atoms with Crippen molar-refractivity contribution < 1.29 is 13.2 Å². The smallest absolute Gasteiger partial charge is 0.257 e. The Morgan fingerprint density at radius 2 is 1.96 bits per heavy atom. The molecule has 3 rings (SSSR count). The van der Waals surface area contributed by atoms with E-state index in [9.17, 15) is 13.2 Å². The number of nitrogens with one attached hydrogen (secondary N) is 2. The van der Waals surface area contributed by atoms with E-state index in [1.807, 2.05) is 6.07 Å². The Morgan fingerprint density at radius 1 is 1.19 bits per heavy atom. The van der Waals surface area contributed by atoms with Crippen LogP contribution in [0.4, 0.5) is 11.5 Å². The maximum atomic E-state index is 12.4. The van der Waals surface area contributed by atoms with Gasteiger partial charge in [-0.05, 0) is 43.2 Å². The molecular formula is C18H23N5O3S. The summed E-state index contributed by atoms with van der Waals surface area (Å²) in [5.74, 6) is 0.517. The van der Waals surface area contributed by atoms with E-state index in [2.05, 4.69) is 19.9 Å². The van der Waals surface area contributed by atoms with Gasteiger partial charge in [0.05, 0.1) is 10.5 Å². The summed E-state index contributed by atoms with van der Waals surface area (Å²) in [6.45, 7) is 2.32. The van der Waals surface area contributed by atoms with E-state index in [4.69, 9.17) is 5.73 Å². The zero-order valence-corrected chi connectivity index (χ0v) is 15.7. The highest BCUT2D eigenvalue weighted by Crippen LogP contribution is 2.19. The van der Waals surface area contributed by atoms with E-state index in [1.165, 1.54) is 18.3 Å². The predicted octanol–water partition coefficient (Wildman–Crippen LogP) is 1.17. The number of sulfonamides is 1. The third-order valence-corrected chi connectivity index (χ3v) is 5.74. The van der Waals surface area contributed by atoms with Gasteiger partial charge < -0.3 is 16.0 Å². The van der Waals surface area contributed by atoms with Gasteiger partial charge in [-0.2, -0.15) is 0 Å². The van der Waals surface area contributed by atoms with Gasteiger partial charge in [-0.15, -0.1) is 0 Å². The number of aromatic nitrogens is 1. The number of hydrogen-bond acceptors (Lipinski definition) is 6. The lowest BCUT2D eigenvalue weighted by atomic mass is 10.2. The van der Waals surface area contributed by atoms with Gasteiger partial charge in [0.25, 0.3) is 5.91 Å². The lowest BCUT2D eigenvalue weighted by molar-refractivity contribution is 0.102. The third kappa shape index (κ3) is 4.82. The fourth-order valence-corrected chi connectivity index (χ4v) is 3.97. The monoisotopic (exact) mass is 389 g/mol. The maximum absolute atomic E-state index is 12.4. The first kappa shape index (κ1) is 19.3. The number of benzene rings is 1. The molecule has 1 amide bonds. The number of nitrogens with two attached hydrogens (primary N) is 1. The summed E-state index contributed by atoms with van der Waals surface area (Å²) in [7, 11) is -3.66. The average Bonchev–Trinajstić information content (AvgIpc) is 3.21. The molecule has 1 aliphatic heterocycles. The van der Waals surface area contributed by atoms with Crippen molar-refractivity contribution in [3.63, 3.8) is 0 Å². The second kappa shape index (κ2) is 8.47. The number of carbonyl (C=O) groups excluding carboxylic acids is 1. The molecule has 0 spiro atoms. The second-order valence-corrected chi connectivity index (χ2v) is 8.03. The van der Waals surface area contributed by atoms with Crippen LogP contribution in [0.25, 0.3) is 0 Å². The molecule has 0 radical (unpaired) electrons. The first-order chi connectivity index (χ1) is 13.0. The Labute approximate surface area is 158 Å². The minimum Gasteiger partial charge on any atom is -0.357 e. The van der Waals surface area contributed by atoms with Gasteiger partial charge in [0.2, 0.25) is 10.0 Å². The van der Waals surface area contributed by atoms with Crippen molar-refractivity contribution in [2.24, 2.45) is 5.73 Å². The first-order valence-corrected chi connectivity index (χ1v) is 10.3. The van der Waals surface area contributed by atoms with Crippen molar-refractivity contribution in [3.05, 3.63) is 48.2 Å². The Balaban J connectivity index is 1.69. The molecule has 8 nitrogen and oxygen atoms in total. The molecule has 0 atom stereocenters. The van der Waals surface area contributed by atoms with Crippen LogP contribution in [0.1, 0.15) is 23.2 Å². The predicted molar refractivity (Wildman–Crippen MR) is 104 cm³/mol. The lowest BCUT2D eigenvalue weighted by Crippen LogP contribution is -2.29. The summed E-state index contributed by atoms with van der Waals surface area (Å²) in [5.41, 5.74) is 6.13. The topological polar surface area (TPSA) is 117 Å². The number of nitrogens with zero attached hydrogens (tertiary/aromatic N) is 2. The van der Waals surface area contributed by atoms with Gasteiger partial charge in [-0.3, -0.25) is 4.79 Å². The van der Waals surface area contributed by atoms with Gasteiger partial charge in [0.1, 0.15) is 5.82 Å². The van der Waals surface area contributed by atoms with Crippen LogP contribution in [0.2, 0.25) is 0 Å². The van der Waals surface area contributed by atoms with E-state index >= 15 is 0 Å². The summed E-state index contributed by atoms with van der Waals surface area (Å²) in [5, 5.41) is 2.71. The molecule has 2 heterocycles. The number of anilines is 2. The molecule has 1 aliphatic rings. The van der Waals surface area contributed by atoms with Crippen LogP contribution in [0.15, 0.2) is 47.5 Å². The van der Waals surface area contributed by atoms with Gasteiger partial charge in [0.15, 0.2) is 0 Å². The van der Waals surface area contributed by atoms with Crippen molar-refractivity contribution >= 4 is 27.4 Å². The number of amides is 1. The highest BCUT2D eigenvalue weighted by molar-refractivity contribution is 7.89. The number of pyridine rings is 1. The lowest BCUT2D eigenvalue weighted by Gasteiger charge is -2.16. The van der Waals surface area contributed by atoms with E-state index < -0.39 is 10.0 Å². The number of hydrogen-bond donors (Lipinski definition) is 3. The highest BCUT2D eigenvalue weighted by atomic mass is 32.2. The minimum absolute atomic E-state index is 0.0660. The van der Waals surface area contributed by atoms with Gasteiger partial charge in [0, 0.05) is 38.1 Å². The average molecular weight is 389 g/mol. The Kier molecular flexibility index (Phi) is 6.04. The zero-order valence-electron chi connectivity index (χ0n) is 14.9. The van der Waals surface area contributed by atoms with Gasteiger partial charge >= 0.3 is 0 Å². The Bertz CT molecular complexity index is 893. The zero-order chi connectivity index (χ0) is 19.3. The number of rotatable bonds is 7. The Hall–Kier alpha value is -2.49. The fourth-order valence-electron chi connectivity index (χ4n) is 2.87. The normalized spacial score (nSPS) is 14.3. The number of carbonyl (C=O) groups is 1. The summed E-state index contributed by atoms with van der Waals surface area (Å²) >= 11 is 0. The van der Waals surface area contributed by atoms with Crippen LogP contribution < -0.4 is 20.7 Å². The largest absolute Gasteiger partial charge is 0.357 e. The Morgan fingerprint density at radius 3 is 2.63 bits per heavy atom. The minimum atomic E-state index is -3.66. The van der Waals surface area contributed by atoms with E-state index in [1.54, 1.807) is 18.2 Å². The summed E-state index contributed by atoms with van der Waals surface area (Å²) in [4.78, 5) is 19.0. The van der Waals surface area contributed by atoms with Crippen LogP contribution in [0.3, 0.4) is 0 Å². The quantitative estimate of drug-likeness (QED) is 0.654. The van der Waals surface area contributed by atoms with Gasteiger partial charge in [-0.1, -0.05) is 6.07 Å². The molecule has 1 fully saturated rings. The molecule has 0 unspecified atom stereocenters. The summed E-state index contributed by atoms with van der Waals surface area (Å²) in [6.07, 6.45) is 3.85. The molecule has 1 aromatic carbocycles. The van der Waals surface area contributed by atoms with Crippen molar-refractivity contribution in [1.82, 2.24) is 9.71 Å². The van der Waals surface area contributed by atoms with Crippen LogP contribution in [-0.2, 0) is 10.0 Å². The molecular weight excluding hydrogens is 366 g/mol. The molecule has 1 saturated heterocycles. The SMILES string of the molecule is NCCNS(=O)(=O)c1cccc(NC(=O)c2ccc(N3CCCC3)nc2)c1. The van der Waals surface area contributed by atoms with E-state index in [-0.39, 0.29) is 23.9 Å². The van der Waals surface area contributed by atoms with Crippen molar-refractivity contribution in [2.45, 2.75) is 17.7 Å². The van der Waals surface area contributed by atoms with Gasteiger partial charge in [-0.25, -0.2) is 18.1 Å². The summed E-state index contributed by atoms with van der Waals surface area (Å²) < 4.78 is 26.7. The molecule has 0 saturated carbocycles. The van der Waals surface area contributed by atoms with Crippen LogP contribution in [0, 0.1) is 0 Å². The van der Waals surface area contributed by atoms with Crippen molar-refractivity contribution in [2.75, 3.05) is 36.4 Å². The third-order valence-electron chi connectivity index (χ3n) is 4.28. The maximum Gasteiger partial charge on any atom is 0.257 e. The summed E-state index contributed by atoms with van der Waals surface area (Å²) in [6, 6.07) is 9.62. The standard InChI is InChI=1S/C18H23N5O3S/c19-8-9-21-27(25,26)16-5-3-4-15(12-16)22-18(24)14-6-7-17(20-13-14)23-10-1-2-11-23/h3-7,12-13,21H,1-2,8-11,19H2,(H,22,24). The molecule has 9 heteroatoms. The second-order valence-electron chi connectivity index (χ2n) is 6.27. The van der Waals surface area contributed by atoms with Crippen LogP contribution >= 0.6 is 0 Å². The molecule has 144 valence electrons. The molecule has 0 bridgehead atoms. The molecule has 1 aromatic heterocycles. The molecule has 4 N–H and O–H groups in total. The highest BCUT2D eigenvalue weighted by Gasteiger charge is 2.16. The fraction of sp³-hybridized carbons (Fsp3) is 0.333. The van der Waals surface area contributed by atoms with E-state index in [0.717, 1.165) is 31.7 Å². The molecule has 27 heavy (non-hydrogen) atoms. The van der Waals surface area contributed by atoms with Crippen molar-refractivity contribution in [1.29, 1.82) is 0 Å². The first-order valence-electron chi connectivity index (χ1n) is 8.82. The molecule has 2 aromatic rings.